The van der Waals surface area contributed by atoms with Crippen LogP contribution in [0.1, 0.15) is 32.8 Å². The highest BCUT2D eigenvalue weighted by molar-refractivity contribution is 7.09. The van der Waals surface area contributed by atoms with Crippen LogP contribution in [0.2, 0.25) is 0 Å². The summed E-state index contributed by atoms with van der Waals surface area (Å²) in [6, 6.07) is 15.6. The predicted molar refractivity (Wildman–Crippen MR) is 97.6 cm³/mol. The van der Waals surface area contributed by atoms with Gasteiger partial charge < -0.3 is 5.32 Å². The van der Waals surface area contributed by atoms with E-state index in [1.807, 2.05) is 67.8 Å². The molecule has 0 saturated carbocycles. The number of nitrogens with one attached hydrogen (secondary N) is 1. The Morgan fingerprint density at radius 3 is 2.54 bits per heavy atom. The first-order valence-electron chi connectivity index (χ1n) is 7.81. The number of para-hydroxylation sites is 1. The van der Waals surface area contributed by atoms with E-state index in [0.29, 0.717) is 5.56 Å². The number of rotatable bonds is 2. The number of hydrogen-bond acceptors (Lipinski definition) is 4. The van der Waals surface area contributed by atoms with Gasteiger partial charge in [0, 0.05) is 16.8 Å². The topological polar surface area (TPSA) is 45.2 Å². The van der Waals surface area contributed by atoms with Crippen molar-refractivity contribution in [3.63, 3.8) is 0 Å². The van der Waals surface area contributed by atoms with Crippen molar-refractivity contribution in [3.05, 3.63) is 75.7 Å². The minimum absolute atomic E-state index is 0.0103. The van der Waals surface area contributed by atoms with Crippen LogP contribution in [-0.2, 0) is 0 Å². The number of nitrogens with zero attached hydrogens (tertiary/aromatic N) is 2. The van der Waals surface area contributed by atoms with Crippen molar-refractivity contribution in [2.75, 3.05) is 10.2 Å². The molecule has 120 valence electrons. The first-order chi connectivity index (χ1) is 11.6. The molecule has 24 heavy (non-hydrogen) atoms. The molecule has 5 heteroatoms. The first kappa shape index (κ1) is 14.9. The van der Waals surface area contributed by atoms with Gasteiger partial charge in [-0.05, 0) is 38.1 Å². The van der Waals surface area contributed by atoms with Crippen LogP contribution in [0.15, 0.2) is 53.9 Å². The van der Waals surface area contributed by atoms with E-state index in [0.717, 1.165) is 27.6 Å². The zero-order valence-corrected chi connectivity index (χ0v) is 14.3. The predicted octanol–water partition coefficient (Wildman–Crippen LogP) is 4.53. The van der Waals surface area contributed by atoms with Gasteiger partial charge >= 0.3 is 0 Å². The van der Waals surface area contributed by atoms with Gasteiger partial charge in [0.2, 0.25) is 0 Å². The van der Waals surface area contributed by atoms with E-state index in [1.54, 1.807) is 16.2 Å². The van der Waals surface area contributed by atoms with Crippen LogP contribution < -0.4 is 10.2 Å². The van der Waals surface area contributed by atoms with E-state index in [-0.39, 0.29) is 12.1 Å². The van der Waals surface area contributed by atoms with Crippen LogP contribution in [0.4, 0.5) is 11.4 Å². The fourth-order valence-electron chi connectivity index (χ4n) is 2.94. The summed E-state index contributed by atoms with van der Waals surface area (Å²) in [5.74, 6) is -0.0103. The van der Waals surface area contributed by atoms with E-state index in [4.69, 9.17) is 0 Å². The molecule has 1 aliphatic rings. The van der Waals surface area contributed by atoms with E-state index < -0.39 is 0 Å². The van der Waals surface area contributed by atoms with Crippen LogP contribution in [0.25, 0.3) is 0 Å². The Hall–Kier alpha value is -2.66. The summed E-state index contributed by atoms with van der Waals surface area (Å²) in [5.41, 5.74) is 4.42. The maximum absolute atomic E-state index is 13.2. The lowest BCUT2D eigenvalue weighted by atomic mass is 10.1. The average molecular weight is 335 g/mol. The Labute approximate surface area is 144 Å². The third-order valence-electron chi connectivity index (χ3n) is 4.16. The summed E-state index contributed by atoms with van der Waals surface area (Å²) in [6.07, 6.45) is -0.306. The minimum Gasteiger partial charge on any atom is -0.359 e. The van der Waals surface area contributed by atoms with Crippen LogP contribution in [-0.4, -0.2) is 10.9 Å². The molecule has 1 N–H and O–H groups in total. The molecule has 0 spiro atoms. The molecule has 2 heterocycles. The zero-order chi connectivity index (χ0) is 16.7. The van der Waals surface area contributed by atoms with Crippen molar-refractivity contribution in [1.29, 1.82) is 0 Å². The van der Waals surface area contributed by atoms with Crippen molar-refractivity contribution >= 4 is 28.6 Å². The molecular formula is C19H17N3OS. The first-order valence-corrected chi connectivity index (χ1v) is 8.69. The highest BCUT2D eigenvalue weighted by atomic mass is 32.1. The van der Waals surface area contributed by atoms with E-state index in [1.165, 1.54) is 0 Å². The zero-order valence-electron chi connectivity index (χ0n) is 13.5. The lowest BCUT2D eigenvalue weighted by Gasteiger charge is -2.37. The Kier molecular flexibility index (Phi) is 3.58. The minimum atomic E-state index is -0.306. The average Bonchev–Trinajstić information content (AvgIpc) is 3.02. The summed E-state index contributed by atoms with van der Waals surface area (Å²) >= 11 is 1.59. The molecule has 1 aromatic heterocycles. The van der Waals surface area contributed by atoms with Gasteiger partial charge in [0.1, 0.15) is 0 Å². The molecule has 4 rings (SSSR count). The third-order valence-corrected chi connectivity index (χ3v) is 4.95. The summed E-state index contributed by atoms with van der Waals surface area (Å²) in [5, 5.41) is 6.47. The Morgan fingerprint density at radius 1 is 1.08 bits per heavy atom. The van der Waals surface area contributed by atoms with Crippen molar-refractivity contribution in [2.45, 2.75) is 20.0 Å². The summed E-state index contributed by atoms with van der Waals surface area (Å²) in [4.78, 5) is 19.5. The number of carbonyl (C=O) groups excluding carboxylic acids is 1. The SMILES string of the molecule is Cc1ccc(N2C(=O)c3ccccc3N[C@H]2c2csc(C)n2)cc1. The lowest BCUT2D eigenvalue weighted by Crippen LogP contribution is -2.43. The van der Waals surface area contributed by atoms with Gasteiger partial charge in [-0.1, -0.05) is 29.8 Å². The van der Waals surface area contributed by atoms with Gasteiger partial charge in [-0.15, -0.1) is 11.3 Å². The van der Waals surface area contributed by atoms with Crippen molar-refractivity contribution < 1.29 is 4.79 Å². The summed E-state index contributed by atoms with van der Waals surface area (Å²) in [7, 11) is 0. The van der Waals surface area contributed by atoms with Gasteiger partial charge in [0.05, 0.1) is 16.3 Å². The Bertz CT molecular complexity index is 901. The van der Waals surface area contributed by atoms with Crippen LogP contribution >= 0.6 is 11.3 Å². The highest BCUT2D eigenvalue weighted by Gasteiger charge is 2.35. The second-order valence-corrected chi connectivity index (χ2v) is 6.96. The molecule has 0 saturated heterocycles. The number of carbonyl (C=O) groups is 1. The maximum atomic E-state index is 13.2. The number of amides is 1. The van der Waals surface area contributed by atoms with Gasteiger partial charge in [0.25, 0.3) is 5.91 Å². The Morgan fingerprint density at radius 2 is 1.83 bits per heavy atom. The summed E-state index contributed by atoms with van der Waals surface area (Å²) in [6.45, 7) is 4.01. The number of aryl methyl sites for hydroxylation is 2. The van der Waals surface area contributed by atoms with Crippen LogP contribution in [0, 0.1) is 13.8 Å². The smallest absolute Gasteiger partial charge is 0.262 e. The molecular weight excluding hydrogens is 318 g/mol. The number of anilines is 2. The standard InChI is InChI=1S/C19H17N3OS/c1-12-7-9-14(10-8-12)22-18(17-11-24-13(2)20-17)21-16-6-4-3-5-15(16)19(22)23/h3-11,18,21H,1-2H3/t18-/m1/s1. The maximum Gasteiger partial charge on any atom is 0.262 e. The fraction of sp³-hybridized carbons (Fsp3) is 0.158. The molecule has 3 aromatic rings. The molecule has 0 fully saturated rings. The second-order valence-electron chi connectivity index (χ2n) is 5.89. The molecule has 1 amide bonds. The van der Waals surface area contributed by atoms with Gasteiger partial charge in [-0.2, -0.15) is 0 Å². The number of aromatic nitrogens is 1. The molecule has 1 aliphatic heterocycles. The lowest BCUT2D eigenvalue weighted by molar-refractivity contribution is 0.0974. The number of thiazole rings is 1. The van der Waals surface area contributed by atoms with Crippen LogP contribution in [0.3, 0.4) is 0 Å². The van der Waals surface area contributed by atoms with E-state index in [2.05, 4.69) is 10.3 Å². The largest absolute Gasteiger partial charge is 0.359 e. The highest BCUT2D eigenvalue weighted by Crippen LogP contribution is 2.36. The quantitative estimate of drug-likeness (QED) is 0.748. The van der Waals surface area contributed by atoms with Gasteiger partial charge in [-0.25, -0.2) is 4.98 Å². The van der Waals surface area contributed by atoms with Crippen molar-refractivity contribution in [1.82, 2.24) is 4.98 Å². The molecule has 0 unspecified atom stereocenters. The molecule has 4 nitrogen and oxygen atoms in total. The van der Waals surface area contributed by atoms with Crippen molar-refractivity contribution in [3.8, 4) is 0 Å². The monoisotopic (exact) mass is 335 g/mol. The molecule has 0 aliphatic carbocycles. The molecule has 0 radical (unpaired) electrons. The number of fused-ring (bicyclic) bond motifs is 1. The number of hydrogen-bond donors (Lipinski definition) is 1. The molecule has 0 bridgehead atoms. The molecule has 2 aromatic carbocycles. The normalized spacial score (nSPS) is 16.7. The van der Waals surface area contributed by atoms with Crippen LogP contribution in [0.5, 0.6) is 0 Å². The van der Waals surface area contributed by atoms with Gasteiger partial charge in [0.15, 0.2) is 6.17 Å². The second kappa shape index (κ2) is 5.76. The van der Waals surface area contributed by atoms with E-state index >= 15 is 0 Å². The fourth-order valence-corrected chi connectivity index (χ4v) is 3.57. The van der Waals surface area contributed by atoms with Crippen molar-refractivity contribution in [2.24, 2.45) is 0 Å². The number of benzene rings is 2. The van der Waals surface area contributed by atoms with Gasteiger partial charge in [-0.3, -0.25) is 9.69 Å². The van der Waals surface area contributed by atoms with E-state index in [9.17, 15) is 4.79 Å². The third kappa shape index (κ3) is 2.47. The Balaban J connectivity index is 1.85. The summed E-state index contributed by atoms with van der Waals surface area (Å²) < 4.78 is 0. The molecule has 1 atom stereocenters.